The smallest absolute Gasteiger partial charge is 0.150 e. The van der Waals surface area contributed by atoms with Crippen LogP contribution in [0.15, 0.2) is 18.5 Å². The van der Waals surface area contributed by atoms with E-state index in [4.69, 9.17) is 0 Å². The van der Waals surface area contributed by atoms with E-state index in [2.05, 4.69) is 4.98 Å². The maximum atomic E-state index is 11.7. The number of aryl methyl sites for hydroxylation is 1. The van der Waals surface area contributed by atoms with Crippen LogP contribution in [0.25, 0.3) is 0 Å². The fourth-order valence-corrected chi connectivity index (χ4v) is 4.06. The summed E-state index contributed by atoms with van der Waals surface area (Å²) in [6, 6.07) is 1.92. The molecule has 0 radical (unpaired) electrons. The molecule has 106 valence electrons. The number of pyridine rings is 1. The third-order valence-corrected chi connectivity index (χ3v) is 5.60. The molecule has 1 aliphatic rings. The van der Waals surface area contributed by atoms with Crippen molar-refractivity contribution < 1.29 is 13.5 Å². The maximum Gasteiger partial charge on any atom is 0.150 e. The van der Waals surface area contributed by atoms with Crippen molar-refractivity contribution in [3.8, 4) is 0 Å². The molecule has 1 aromatic rings. The van der Waals surface area contributed by atoms with E-state index in [9.17, 15) is 13.5 Å². The average molecular weight is 283 g/mol. The van der Waals surface area contributed by atoms with Gasteiger partial charge >= 0.3 is 0 Å². The first-order chi connectivity index (χ1) is 8.88. The van der Waals surface area contributed by atoms with Crippen LogP contribution < -0.4 is 0 Å². The van der Waals surface area contributed by atoms with Crippen molar-refractivity contribution in [2.75, 3.05) is 6.26 Å². The molecule has 1 saturated carbocycles. The highest BCUT2D eigenvalue weighted by atomic mass is 32.2. The van der Waals surface area contributed by atoms with Crippen molar-refractivity contribution in [3.05, 3.63) is 29.6 Å². The first kappa shape index (κ1) is 14.5. The van der Waals surface area contributed by atoms with Gasteiger partial charge in [0.2, 0.25) is 0 Å². The lowest BCUT2D eigenvalue weighted by atomic mass is 9.82. The minimum Gasteiger partial charge on any atom is -0.388 e. The molecule has 3 atom stereocenters. The molecule has 0 saturated heterocycles. The van der Waals surface area contributed by atoms with E-state index in [0.717, 1.165) is 24.0 Å². The van der Waals surface area contributed by atoms with Gasteiger partial charge in [0.1, 0.15) is 9.84 Å². The fraction of sp³-hybridized carbons (Fsp3) is 0.643. The number of aromatic nitrogens is 1. The average Bonchev–Trinajstić information content (AvgIpc) is 2.37. The summed E-state index contributed by atoms with van der Waals surface area (Å²) in [5.41, 5.74) is 1.80. The summed E-state index contributed by atoms with van der Waals surface area (Å²) in [5.74, 6) is 0.0112. The van der Waals surface area contributed by atoms with Gasteiger partial charge in [-0.15, -0.1) is 0 Å². The Balaban J connectivity index is 2.13. The molecule has 0 spiro atoms. The number of hydrogen-bond acceptors (Lipinski definition) is 4. The summed E-state index contributed by atoms with van der Waals surface area (Å²) in [4.78, 5) is 4.09. The second-order valence-corrected chi connectivity index (χ2v) is 7.94. The quantitative estimate of drug-likeness (QED) is 0.921. The molecule has 1 fully saturated rings. The Morgan fingerprint density at radius 2 is 2.11 bits per heavy atom. The van der Waals surface area contributed by atoms with Crippen molar-refractivity contribution in [3.63, 3.8) is 0 Å². The van der Waals surface area contributed by atoms with Gasteiger partial charge in [-0.1, -0.05) is 12.5 Å². The van der Waals surface area contributed by atoms with E-state index in [1.807, 2.05) is 13.0 Å². The number of sulfone groups is 1. The Hall–Kier alpha value is -0.940. The molecule has 1 aromatic heterocycles. The minimum absolute atomic E-state index is 0.0112. The van der Waals surface area contributed by atoms with Gasteiger partial charge in [0.15, 0.2) is 0 Å². The highest BCUT2D eigenvalue weighted by Gasteiger charge is 2.33. The maximum absolute atomic E-state index is 11.7. The second kappa shape index (κ2) is 5.59. The zero-order chi connectivity index (χ0) is 14.0. The highest BCUT2D eigenvalue weighted by molar-refractivity contribution is 7.91. The Kier molecular flexibility index (Phi) is 4.26. The molecular formula is C14H21NO3S. The van der Waals surface area contributed by atoms with Gasteiger partial charge in [0, 0.05) is 18.6 Å². The largest absolute Gasteiger partial charge is 0.388 e. The van der Waals surface area contributed by atoms with Crippen LogP contribution in [0.1, 0.15) is 42.9 Å². The molecule has 1 heterocycles. The van der Waals surface area contributed by atoms with Gasteiger partial charge in [-0.05, 0) is 43.2 Å². The highest BCUT2D eigenvalue weighted by Crippen LogP contribution is 2.36. The van der Waals surface area contributed by atoms with Crippen LogP contribution >= 0.6 is 0 Å². The Bertz CT molecular complexity index is 541. The van der Waals surface area contributed by atoms with Gasteiger partial charge in [0.25, 0.3) is 0 Å². The minimum atomic E-state index is -3.01. The molecule has 3 unspecified atom stereocenters. The number of rotatable bonds is 3. The van der Waals surface area contributed by atoms with Gasteiger partial charge < -0.3 is 5.11 Å². The van der Waals surface area contributed by atoms with Crippen molar-refractivity contribution in [2.45, 2.75) is 44.0 Å². The summed E-state index contributed by atoms with van der Waals surface area (Å²) >= 11 is 0. The van der Waals surface area contributed by atoms with Gasteiger partial charge in [-0.3, -0.25) is 4.98 Å². The molecule has 4 nitrogen and oxygen atoms in total. The van der Waals surface area contributed by atoms with Gasteiger partial charge in [-0.25, -0.2) is 8.42 Å². The van der Waals surface area contributed by atoms with Gasteiger partial charge in [0.05, 0.1) is 11.4 Å². The molecular weight excluding hydrogens is 262 g/mol. The summed E-state index contributed by atoms with van der Waals surface area (Å²) < 4.78 is 23.3. The third-order valence-electron chi connectivity index (χ3n) is 3.96. The number of aliphatic hydroxyl groups excluding tert-OH is 1. The molecule has 0 aliphatic heterocycles. The molecule has 0 aromatic carbocycles. The predicted molar refractivity (Wildman–Crippen MR) is 74.5 cm³/mol. The second-order valence-electron chi connectivity index (χ2n) is 5.62. The van der Waals surface area contributed by atoms with Crippen molar-refractivity contribution in [1.82, 2.24) is 4.98 Å². The lowest BCUT2D eigenvalue weighted by molar-refractivity contribution is 0.0853. The van der Waals surface area contributed by atoms with E-state index in [1.165, 1.54) is 6.26 Å². The van der Waals surface area contributed by atoms with Crippen molar-refractivity contribution in [1.29, 1.82) is 0 Å². The summed E-state index contributed by atoms with van der Waals surface area (Å²) in [6.07, 6.45) is 7.10. The molecule has 5 heteroatoms. The normalized spacial score (nSPS) is 26.1. The zero-order valence-electron chi connectivity index (χ0n) is 11.4. The van der Waals surface area contributed by atoms with Crippen LogP contribution in [-0.2, 0) is 9.84 Å². The SMILES string of the molecule is Cc1cncc(C(O)C2CCCC(S(C)(=O)=O)C2)c1. The summed E-state index contributed by atoms with van der Waals surface area (Å²) in [6.45, 7) is 1.93. The Labute approximate surface area is 114 Å². The zero-order valence-corrected chi connectivity index (χ0v) is 12.2. The number of hydrogen-bond donors (Lipinski definition) is 1. The van der Waals surface area contributed by atoms with Crippen LogP contribution in [0, 0.1) is 12.8 Å². The van der Waals surface area contributed by atoms with Crippen LogP contribution in [0.4, 0.5) is 0 Å². The number of aliphatic hydroxyl groups is 1. The van der Waals surface area contributed by atoms with Crippen LogP contribution in [0.5, 0.6) is 0 Å². The van der Waals surface area contributed by atoms with Gasteiger partial charge in [-0.2, -0.15) is 0 Å². The molecule has 0 bridgehead atoms. The van der Waals surface area contributed by atoms with Crippen LogP contribution in [-0.4, -0.2) is 30.0 Å². The molecule has 0 amide bonds. The standard InChI is InChI=1S/C14H21NO3S/c1-10-6-12(9-15-8-10)14(16)11-4-3-5-13(7-11)19(2,17)18/h6,8-9,11,13-14,16H,3-5,7H2,1-2H3. The van der Waals surface area contributed by atoms with Crippen LogP contribution in [0.2, 0.25) is 0 Å². The van der Waals surface area contributed by atoms with E-state index in [-0.39, 0.29) is 11.2 Å². The third kappa shape index (κ3) is 3.54. The molecule has 1 N–H and O–H groups in total. The summed E-state index contributed by atoms with van der Waals surface area (Å²) in [5, 5.41) is 10.1. The number of nitrogens with zero attached hydrogens (tertiary/aromatic N) is 1. The predicted octanol–water partition coefficient (Wildman–Crippen LogP) is 2.03. The monoisotopic (exact) mass is 283 g/mol. The molecule has 1 aliphatic carbocycles. The van der Waals surface area contributed by atoms with E-state index in [1.54, 1.807) is 12.4 Å². The van der Waals surface area contributed by atoms with Crippen molar-refractivity contribution >= 4 is 9.84 Å². The lowest BCUT2D eigenvalue weighted by Crippen LogP contribution is -2.30. The van der Waals surface area contributed by atoms with Crippen molar-refractivity contribution in [2.24, 2.45) is 5.92 Å². The van der Waals surface area contributed by atoms with E-state index >= 15 is 0 Å². The first-order valence-corrected chi connectivity index (χ1v) is 8.62. The fourth-order valence-electron chi connectivity index (χ4n) is 2.87. The lowest BCUT2D eigenvalue weighted by Gasteiger charge is -2.31. The summed E-state index contributed by atoms with van der Waals surface area (Å²) in [7, 11) is -3.01. The Morgan fingerprint density at radius 1 is 1.37 bits per heavy atom. The molecule has 19 heavy (non-hydrogen) atoms. The molecule has 2 rings (SSSR count). The van der Waals surface area contributed by atoms with Crippen LogP contribution in [0.3, 0.4) is 0 Å². The topological polar surface area (TPSA) is 67.3 Å². The Morgan fingerprint density at radius 3 is 2.74 bits per heavy atom. The first-order valence-electron chi connectivity index (χ1n) is 6.66. The van der Waals surface area contributed by atoms with E-state index in [0.29, 0.717) is 12.8 Å². The van der Waals surface area contributed by atoms with E-state index < -0.39 is 15.9 Å².